The van der Waals surface area contributed by atoms with Gasteiger partial charge in [0.05, 0.1) is 6.61 Å². The Morgan fingerprint density at radius 2 is 2.05 bits per heavy atom. The Morgan fingerprint density at radius 3 is 2.48 bits per heavy atom. The highest BCUT2D eigenvalue weighted by Gasteiger charge is 2.37. The van der Waals surface area contributed by atoms with Crippen molar-refractivity contribution in [1.29, 1.82) is 0 Å². The molecule has 1 N–H and O–H groups in total. The molecular weight excluding hydrogens is 309 g/mol. The van der Waals surface area contributed by atoms with Gasteiger partial charge < -0.3 is 9.67 Å². The van der Waals surface area contributed by atoms with Crippen molar-refractivity contribution < 1.29 is 26.7 Å². The average molecular weight is 326 g/mol. The van der Waals surface area contributed by atoms with Crippen molar-refractivity contribution in [3.63, 3.8) is 0 Å². The molecule has 21 heavy (non-hydrogen) atoms. The molecule has 9 heteroatoms. The summed E-state index contributed by atoms with van der Waals surface area (Å²) in [4.78, 5) is -0.204. The van der Waals surface area contributed by atoms with Crippen LogP contribution < -0.4 is 0 Å². The molecule has 0 amide bonds. The molecule has 1 saturated carbocycles. The molecule has 0 aliphatic heterocycles. The summed E-state index contributed by atoms with van der Waals surface area (Å²) < 4.78 is 64.0. The fourth-order valence-corrected chi connectivity index (χ4v) is 3.66. The highest BCUT2D eigenvalue weighted by Crippen LogP contribution is 2.37. The smallest absolute Gasteiger partial charge is 0.390 e. The van der Waals surface area contributed by atoms with E-state index in [9.17, 15) is 26.7 Å². The van der Waals surface area contributed by atoms with E-state index in [0.717, 1.165) is 12.8 Å². The zero-order chi connectivity index (χ0) is 15.8. The minimum atomic E-state index is -4.60. The lowest BCUT2D eigenvalue weighted by Crippen LogP contribution is -2.38. The number of aromatic nitrogens is 1. The number of hydrogen-bond acceptors (Lipinski definition) is 3. The van der Waals surface area contributed by atoms with Crippen molar-refractivity contribution in [2.75, 3.05) is 13.1 Å². The summed E-state index contributed by atoms with van der Waals surface area (Å²) in [7, 11) is -4.22. The van der Waals surface area contributed by atoms with Crippen LogP contribution in [0, 0.1) is 0 Å². The standard InChI is InChI=1S/C12H17F3N2O3S/c1-2-16(8-12(13,14)15)21(19,20)11-5-10(7-18)17(6-11)9-3-4-9/h5-6,9,18H,2-4,7-8H2,1H3. The van der Waals surface area contributed by atoms with E-state index in [1.165, 1.54) is 19.2 Å². The van der Waals surface area contributed by atoms with Crippen LogP contribution in [0.3, 0.4) is 0 Å². The van der Waals surface area contributed by atoms with E-state index in [-0.39, 0.29) is 24.1 Å². The monoisotopic (exact) mass is 326 g/mol. The Labute approximate surface area is 121 Å². The van der Waals surface area contributed by atoms with Crippen LogP contribution in [0.25, 0.3) is 0 Å². The number of aliphatic hydroxyl groups is 1. The van der Waals surface area contributed by atoms with E-state index < -0.39 is 22.7 Å². The van der Waals surface area contributed by atoms with Gasteiger partial charge in [0.2, 0.25) is 10.0 Å². The maximum absolute atomic E-state index is 12.5. The number of sulfonamides is 1. The zero-order valence-electron chi connectivity index (χ0n) is 11.5. The third-order valence-corrected chi connectivity index (χ3v) is 5.24. The molecular formula is C12H17F3N2O3S. The SMILES string of the molecule is CCN(CC(F)(F)F)S(=O)(=O)c1cc(CO)n(C2CC2)c1. The summed E-state index contributed by atoms with van der Waals surface area (Å²) in [6.07, 6.45) is -1.53. The Kier molecular flexibility index (Phi) is 4.36. The molecule has 2 rings (SSSR count). The van der Waals surface area contributed by atoms with E-state index in [1.807, 2.05) is 0 Å². The molecule has 0 bridgehead atoms. The molecule has 1 aliphatic carbocycles. The van der Waals surface area contributed by atoms with Gasteiger partial charge in [-0.3, -0.25) is 0 Å². The van der Waals surface area contributed by atoms with Crippen LogP contribution in [0.1, 0.15) is 31.5 Å². The zero-order valence-corrected chi connectivity index (χ0v) is 12.3. The van der Waals surface area contributed by atoms with Gasteiger partial charge in [-0.05, 0) is 18.9 Å². The number of rotatable bonds is 6. The molecule has 0 atom stereocenters. The van der Waals surface area contributed by atoms with Crippen LogP contribution in [-0.2, 0) is 16.6 Å². The van der Waals surface area contributed by atoms with Gasteiger partial charge >= 0.3 is 6.18 Å². The summed E-state index contributed by atoms with van der Waals surface area (Å²) in [5, 5.41) is 9.25. The second-order valence-electron chi connectivity index (χ2n) is 5.01. The number of alkyl halides is 3. The highest BCUT2D eigenvalue weighted by atomic mass is 32.2. The van der Waals surface area contributed by atoms with Crippen LogP contribution in [0.4, 0.5) is 13.2 Å². The van der Waals surface area contributed by atoms with Crippen molar-refractivity contribution in [2.45, 2.75) is 43.5 Å². The third kappa shape index (κ3) is 3.58. The molecule has 1 aromatic heterocycles. The lowest BCUT2D eigenvalue weighted by atomic mass is 10.4. The quantitative estimate of drug-likeness (QED) is 0.868. The van der Waals surface area contributed by atoms with Gasteiger partial charge in [-0.15, -0.1) is 0 Å². The molecule has 1 heterocycles. The lowest BCUT2D eigenvalue weighted by molar-refractivity contribution is -0.135. The van der Waals surface area contributed by atoms with Crippen molar-refractivity contribution in [1.82, 2.24) is 8.87 Å². The molecule has 120 valence electrons. The average Bonchev–Trinajstić information content (AvgIpc) is 3.13. The second kappa shape index (κ2) is 5.62. The number of hydrogen-bond donors (Lipinski definition) is 1. The van der Waals surface area contributed by atoms with Gasteiger partial charge in [-0.2, -0.15) is 17.5 Å². The predicted molar refractivity (Wildman–Crippen MR) is 69.1 cm³/mol. The van der Waals surface area contributed by atoms with Crippen LogP contribution in [0.2, 0.25) is 0 Å². The fraction of sp³-hybridized carbons (Fsp3) is 0.667. The van der Waals surface area contributed by atoms with E-state index in [2.05, 4.69) is 0 Å². The summed E-state index contributed by atoms with van der Waals surface area (Å²) >= 11 is 0. The Morgan fingerprint density at radius 1 is 1.43 bits per heavy atom. The van der Waals surface area contributed by atoms with Crippen molar-refractivity contribution >= 4 is 10.0 Å². The van der Waals surface area contributed by atoms with E-state index >= 15 is 0 Å². The fourth-order valence-electron chi connectivity index (χ4n) is 2.17. The molecule has 1 aromatic rings. The first-order valence-electron chi connectivity index (χ1n) is 6.57. The summed E-state index contributed by atoms with van der Waals surface area (Å²) in [5.74, 6) is 0. The molecule has 1 aliphatic rings. The summed E-state index contributed by atoms with van der Waals surface area (Å²) in [6.45, 7) is -0.786. The molecule has 5 nitrogen and oxygen atoms in total. The Balaban J connectivity index is 2.33. The van der Waals surface area contributed by atoms with Crippen LogP contribution in [-0.4, -0.2) is 41.7 Å². The van der Waals surface area contributed by atoms with Gasteiger partial charge in [-0.25, -0.2) is 8.42 Å². The van der Waals surface area contributed by atoms with Gasteiger partial charge in [-0.1, -0.05) is 6.92 Å². The maximum Gasteiger partial charge on any atom is 0.402 e. The Bertz CT molecular complexity index is 606. The van der Waals surface area contributed by atoms with E-state index in [1.54, 1.807) is 4.57 Å². The first-order chi connectivity index (χ1) is 9.69. The van der Waals surface area contributed by atoms with Gasteiger partial charge in [0.1, 0.15) is 11.4 Å². The minimum absolute atomic E-state index is 0.133. The lowest BCUT2D eigenvalue weighted by Gasteiger charge is -2.21. The third-order valence-electron chi connectivity index (χ3n) is 3.36. The number of aliphatic hydroxyl groups excluding tert-OH is 1. The van der Waals surface area contributed by atoms with Crippen LogP contribution >= 0.6 is 0 Å². The minimum Gasteiger partial charge on any atom is -0.390 e. The van der Waals surface area contributed by atoms with Crippen molar-refractivity contribution in [2.24, 2.45) is 0 Å². The number of nitrogens with zero attached hydrogens (tertiary/aromatic N) is 2. The van der Waals surface area contributed by atoms with E-state index in [4.69, 9.17) is 0 Å². The molecule has 0 saturated heterocycles. The first-order valence-corrected chi connectivity index (χ1v) is 8.01. The normalized spacial score (nSPS) is 16.7. The topological polar surface area (TPSA) is 62.5 Å². The molecule has 0 unspecified atom stereocenters. The second-order valence-corrected chi connectivity index (χ2v) is 6.95. The summed E-state index contributed by atoms with van der Waals surface area (Å²) in [5.41, 5.74) is 0.402. The first kappa shape index (κ1) is 16.3. The summed E-state index contributed by atoms with van der Waals surface area (Å²) in [6, 6.07) is 1.38. The van der Waals surface area contributed by atoms with Crippen molar-refractivity contribution in [3.05, 3.63) is 18.0 Å². The highest BCUT2D eigenvalue weighted by molar-refractivity contribution is 7.89. The largest absolute Gasteiger partial charge is 0.402 e. The van der Waals surface area contributed by atoms with Crippen LogP contribution in [0.5, 0.6) is 0 Å². The Hall–Kier alpha value is -1.06. The van der Waals surface area contributed by atoms with Gasteiger partial charge in [0.15, 0.2) is 0 Å². The van der Waals surface area contributed by atoms with Gasteiger partial charge in [0, 0.05) is 24.5 Å². The predicted octanol–water partition coefficient (Wildman–Crippen LogP) is 1.89. The van der Waals surface area contributed by atoms with Crippen molar-refractivity contribution in [3.8, 4) is 0 Å². The van der Waals surface area contributed by atoms with E-state index in [0.29, 0.717) is 10.00 Å². The molecule has 0 radical (unpaired) electrons. The number of halogens is 3. The molecule has 0 aromatic carbocycles. The molecule has 1 fully saturated rings. The maximum atomic E-state index is 12.5. The molecule has 0 spiro atoms. The van der Waals surface area contributed by atoms with Gasteiger partial charge in [0.25, 0.3) is 0 Å². The van der Waals surface area contributed by atoms with Crippen LogP contribution in [0.15, 0.2) is 17.2 Å².